The summed E-state index contributed by atoms with van der Waals surface area (Å²) >= 11 is 1.39. The van der Waals surface area contributed by atoms with Gasteiger partial charge < -0.3 is 5.32 Å². The van der Waals surface area contributed by atoms with Crippen LogP contribution in [-0.2, 0) is 4.84 Å². The van der Waals surface area contributed by atoms with Gasteiger partial charge in [0.25, 0.3) is 5.91 Å². The minimum Gasteiger partial charge on any atom is -0.348 e. The van der Waals surface area contributed by atoms with Crippen LogP contribution < -0.4 is 5.32 Å². The molecule has 0 spiro atoms. The van der Waals surface area contributed by atoms with Crippen LogP contribution in [0, 0.1) is 6.92 Å². The van der Waals surface area contributed by atoms with Gasteiger partial charge in [-0.05, 0) is 6.92 Å². The van der Waals surface area contributed by atoms with Crippen molar-refractivity contribution < 1.29 is 20.0 Å². The molecule has 0 radical (unpaired) electrons. The van der Waals surface area contributed by atoms with Crippen LogP contribution in [0.4, 0.5) is 0 Å². The molecule has 0 atom stereocenters. The van der Waals surface area contributed by atoms with Crippen molar-refractivity contribution in [2.24, 2.45) is 0 Å². The van der Waals surface area contributed by atoms with Crippen molar-refractivity contribution in [1.29, 1.82) is 0 Å². The fourth-order valence-electron chi connectivity index (χ4n) is 0.850. The molecule has 0 fully saturated rings. The van der Waals surface area contributed by atoms with Crippen LogP contribution in [0.2, 0.25) is 0 Å². The molecule has 0 aliphatic heterocycles. The lowest BCUT2D eigenvalue weighted by molar-refractivity contribution is -0.491. The summed E-state index contributed by atoms with van der Waals surface area (Å²) < 4.78 is 0. The number of hydrogen-bond acceptors (Lipinski definition) is 7. The van der Waals surface area contributed by atoms with Gasteiger partial charge in [0.05, 0.1) is 17.0 Å². The van der Waals surface area contributed by atoms with Crippen LogP contribution in [-0.4, -0.2) is 39.8 Å². The molecule has 0 aliphatic rings. The van der Waals surface area contributed by atoms with Gasteiger partial charge in [-0.25, -0.2) is 9.82 Å². The predicted molar refractivity (Wildman–Crippen MR) is 50.5 cm³/mol. The molecule has 0 saturated carbocycles. The summed E-state index contributed by atoms with van der Waals surface area (Å²) in [5.41, 5.74) is 0.349. The maximum atomic E-state index is 11.3. The molecule has 84 valence electrons. The molecule has 0 bridgehead atoms. The summed E-state index contributed by atoms with van der Waals surface area (Å²) in [7, 11) is 0. The van der Waals surface area contributed by atoms with Gasteiger partial charge >= 0.3 is 0 Å². The Morgan fingerprint density at radius 3 is 3.00 bits per heavy atom. The second-order valence-electron chi connectivity index (χ2n) is 2.59. The summed E-state index contributed by atoms with van der Waals surface area (Å²) in [6.07, 6.45) is 0. The Bertz CT molecular complexity index is 328. The Hall–Kier alpha value is -1.06. The van der Waals surface area contributed by atoms with E-state index in [1.54, 1.807) is 12.3 Å². The number of hydrogen-bond donors (Lipinski definition) is 3. The van der Waals surface area contributed by atoms with Crippen molar-refractivity contribution in [3.8, 4) is 0 Å². The van der Waals surface area contributed by atoms with Gasteiger partial charge in [0.15, 0.2) is 0 Å². The molecule has 1 rings (SSSR count). The van der Waals surface area contributed by atoms with Crippen molar-refractivity contribution in [2.75, 3.05) is 13.2 Å². The van der Waals surface area contributed by atoms with Crippen molar-refractivity contribution in [3.05, 3.63) is 16.1 Å². The molecular formula is C7H11N3O4S. The van der Waals surface area contributed by atoms with Crippen LogP contribution >= 0.6 is 11.3 Å². The zero-order chi connectivity index (χ0) is 11.3. The maximum Gasteiger partial charge on any atom is 0.270 e. The van der Waals surface area contributed by atoms with E-state index < -0.39 is 5.39 Å². The third-order valence-corrected chi connectivity index (χ3v) is 2.22. The lowest BCUT2D eigenvalue weighted by Crippen LogP contribution is -2.29. The molecule has 0 unspecified atom stereocenters. The minimum absolute atomic E-state index is 0.0398. The molecule has 15 heavy (non-hydrogen) atoms. The van der Waals surface area contributed by atoms with E-state index in [4.69, 9.17) is 10.4 Å². The van der Waals surface area contributed by atoms with Crippen molar-refractivity contribution >= 4 is 17.2 Å². The lowest BCUT2D eigenvalue weighted by Gasteiger charge is -2.06. The van der Waals surface area contributed by atoms with Gasteiger partial charge in [0.2, 0.25) is 0 Å². The molecule has 1 heterocycles. The number of aromatic nitrogens is 1. The van der Waals surface area contributed by atoms with Gasteiger partial charge in [-0.1, -0.05) is 0 Å². The first-order chi connectivity index (χ1) is 7.09. The SMILES string of the molecule is Cc1nc(C(=O)NCCON(O)O)cs1. The largest absolute Gasteiger partial charge is 0.348 e. The quantitative estimate of drug-likeness (QED) is 0.496. The number of amides is 1. The van der Waals surface area contributed by atoms with E-state index in [0.717, 1.165) is 5.01 Å². The van der Waals surface area contributed by atoms with Crippen LogP contribution in [0.15, 0.2) is 5.38 Å². The molecule has 3 N–H and O–H groups in total. The standard InChI is InChI=1S/C7H11N3O4S/c1-5-9-6(4-15-5)7(11)8-2-3-14-10(12)13/h4,12-13H,2-3H2,1H3,(H,8,11). The van der Waals surface area contributed by atoms with Crippen molar-refractivity contribution in [3.63, 3.8) is 0 Å². The molecule has 8 heteroatoms. The third-order valence-electron chi connectivity index (χ3n) is 1.45. The van der Waals surface area contributed by atoms with Gasteiger partial charge in [0.1, 0.15) is 5.69 Å². The zero-order valence-electron chi connectivity index (χ0n) is 8.01. The number of carbonyl (C=O) groups excluding carboxylic acids is 1. The monoisotopic (exact) mass is 233 g/mol. The highest BCUT2D eigenvalue weighted by atomic mass is 32.1. The molecular weight excluding hydrogens is 222 g/mol. The average Bonchev–Trinajstić information content (AvgIpc) is 2.59. The third kappa shape index (κ3) is 4.32. The number of thiazole rings is 1. The molecule has 1 aromatic heterocycles. The molecule has 7 nitrogen and oxygen atoms in total. The lowest BCUT2D eigenvalue weighted by atomic mass is 10.4. The molecule has 0 aromatic carbocycles. The summed E-state index contributed by atoms with van der Waals surface area (Å²) in [5.74, 6) is -0.314. The summed E-state index contributed by atoms with van der Waals surface area (Å²) in [4.78, 5) is 19.6. The molecule has 1 aromatic rings. The first-order valence-corrected chi connectivity index (χ1v) is 4.98. The van der Waals surface area contributed by atoms with Crippen molar-refractivity contribution in [1.82, 2.24) is 15.7 Å². The number of nitrogens with one attached hydrogen (secondary N) is 1. The second-order valence-corrected chi connectivity index (χ2v) is 3.66. The van der Waals surface area contributed by atoms with E-state index in [9.17, 15) is 4.79 Å². The number of aryl methyl sites for hydroxylation is 1. The maximum absolute atomic E-state index is 11.3. The van der Waals surface area contributed by atoms with Gasteiger partial charge in [0, 0.05) is 11.9 Å². The second kappa shape index (κ2) is 5.73. The van der Waals surface area contributed by atoms with Gasteiger partial charge in [-0.3, -0.25) is 15.2 Å². The van der Waals surface area contributed by atoms with Crippen LogP contribution in [0.25, 0.3) is 0 Å². The Morgan fingerprint density at radius 1 is 1.73 bits per heavy atom. The van der Waals surface area contributed by atoms with E-state index in [0.29, 0.717) is 5.69 Å². The highest BCUT2D eigenvalue weighted by Gasteiger charge is 2.08. The minimum atomic E-state index is -0.404. The zero-order valence-corrected chi connectivity index (χ0v) is 8.82. The highest BCUT2D eigenvalue weighted by Crippen LogP contribution is 2.07. The van der Waals surface area contributed by atoms with E-state index >= 15 is 0 Å². The molecule has 1 amide bonds. The Kier molecular flexibility index (Phi) is 4.59. The first kappa shape index (κ1) is 12.0. The summed E-state index contributed by atoms with van der Waals surface area (Å²) in [6, 6.07) is 0. The summed E-state index contributed by atoms with van der Waals surface area (Å²) in [5, 5.41) is 20.9. The molecule has 0 saturated heterocycles. The fourth-order valence-corrected chi connectivity index (χ4v) is 1.44. The number of rotatable bonds is 5. The van der Waals surface area contributed by atoms with Gasteiger partial charge in [-0.2, -0.15) is 0 Å². The fraction of sp³-hybridized carbons (Fsp3) is 0.429. The first-order valence-electron chi connectivity index (χ1n) is 4.10. The average molecular weight is 233 g/mol. The number of carbonyl (C=O) groups is 1. The predicted octanol–water partition coefficient (Wildman–Crippen LogP) is 0.193. The Balaban J connectivity index is 2.25. The molecule has 0 aliphatic carbocycles. The van der Waals surface area contributed by atoms with Crippen LogP contribution in [0.3, 0.4) is 0 Å². The van der Waals surface area contributed by atoms with Crippen LogP contribution in [0.1, 0.15) is 15.5 Å². The van der Waals surface area contributed by atoms with Crippen molar-refractivity contribution in [2.45, 2.75) is 6.92 Å². The topological polar surface area (TPSA) is 94.9 Å². The Labute approximate surface area is 89.8 Å². The highest BCUT2D eigenvalue weighted by molar-refractivity contribution is 7.09. The normalized spacial score (nSPS) is 10.7. The van der Waals surface area contributed by atoms with Crippen LogP contribution in [0.5, 0.6) is 0 Å². The van der Waals surface area contributed by atoms with Gasteiger partial charge in [-0.15, -0.1) is 11.3 Å². The van der Waals surface area contributed by atoms with E-state index in [2.05, 4.69) is 15.1 Å². The smallest absolute Gasteiger partial charge is 0.270 e. The number of nitrogens with zero attached hydrogens (tertiary/aromatic N) is 2. The van der Waals surface area contributed by atoms with E-state index in [1.165, 1.54) is 11.3 Å². The summed E-state index contributed by atoms with van der Waals surface area (Å²) in [6.45, 7) is 1.93. The van der Waals surface area contributed by atoms with E-state index in [1.807, 2.05) is 0 Å². The Morgan fingerprint density at radius 2 is 2.47 bits per heavy atom. The van der Waals surface area contributed by atoms with E-state index in [-0.39, 0.29) is 19.1 Å².